The van der Waals surface area contributed by atoms with E-state index in [9.17, 15) is 13.5 Å². The van der Waals surface area contributed by atoms with Crippen LogP contribution < -0.4 is 14.9 Å². The Kier molecular flexibility index (Phi) is 9.63. The average molecular weight is 515 g/mol. The third-order valence-electron chi connectivity index (χ3n) is 4.50. The van der Waals surface area contributed by atoms with Gasteiger partial charge in [0.2, 0.25) is 16.0 Å². The number of hydrogen-bond acceptors (Lipinski definition) is 8. The summed E-state index contributed by atoms with van der Waals surface area (Å²) in [5, 5.41) is 12.7. The molecule has 3 N–H and O–H groups in total. The van der Waals surface area contributed by atoms with Gasteiger partial charge in [-0.3, -0.25) is 0 Å². The number of aliphatic hydroxyl groups is 1. The normalized spacial score (nSPS) is 11.7. The zero-order valence-corrected chi connectivity index (χ0v) is 20.8. The molecule has 0 spiro atoms. The van der Waals surface area contributed by atoms with E-state index in [0.29, 0.717) is 40.6 Å². The van der Waals surface area contributed by atoms with Crippen molar-refractivity contribution in [3.8, 4) is 0 Å². The molecule has 0 saturated heterocycles. The predicted octanol–water partition coefficient (Wildman–Crippen LogP) is 2.69. The number of aliphatic hydroxyl groups excluding tert-OH is 1. The summed E-state index contributed by atoms with van der Waals surface area (Å²) in [5.74, 6) is 0.864. The molecule has 11 heteroatoms. The molecule has 31 heavy (non-hydrogen) atoms. The highest BCUT2D eigenvalue weighted by molar-refractivity contribution is 9.10. The molecule has 0 unspecified atom stereocenters. The molecule has 0 aliphatic rings. The van der Waals surface area contributed by atoms with Crippen molar-refractivity contribution in [3.05, 3.63) is 34.4 Å². The van der Waals surface area contributed by atoms with Gasteiger partial charge in [-0.1, -0.05) is 13.0 Å². The van der Waals surface area contributed by atoms with E-state index in [2.05, 4.69) is 35.9 Å². The summed E-state index contributed by atoms with van der Waals surface area (Å²) in [6.07, 6.45) is 3.17. The Bertz CT molecular complexity index is 971. The van der Waals surface area contributed by atoms with Crippen LogP contribution in [-0.2, 0) is 10.0 Å². The van der Waals surface area contributed by atoms with Gasteiger partial charge in [-0.25, -0.2) is 18.1 Å². The van der Waals surface area contributed by atoms with Gasteiger partial charge in [-0.15, -0.1) is 0 Å². The van der Waals surface area contributed by atoms with Crippen molar-refractivity contribution in [2.24, 2.45) is 0 Å². The smallest absolute Gasteiger partial charge is 0.240 e. The van der Waals surface area contributed by atoms with E-state index in [1.807, 2.05) is 25.9 Å². The minimum absolute atomic E-state index is 0.171. The largest absolute Gasteiger partial charge is 0.376 e. The second-order valence-electron chi connectivity index (χ2n) is 7.43. The Morgan fingerprint density at radius 2 is 1.97 bits per heavy atom. The number of sulfonamides is 1. The summed E-state index contributed by atoms with van der Waals surface area (Å²) >= 11 is 3.42. The topological polar surface area (TPSA) is 111 Å². The molecule has 0 bridgehead atoms. The van der Waals surface area contributed by atoms with Gasteiger partial charge in [0.25, 0.3) is 0 Å². The van der Waals surface area contributed by atoms with Crippen LogP contribution in [0.4, 0.5) is 17.5 Å². The Morgan fingerprint density at radius 1 is 1.23 bits per heavy atom. The number of anilines is 3. The van der Waals surface area contributed by atoms with E-state index < -0.39 is 10.0 Å². The zero-order valence-electron chi connectivity index (χ0n) is 18.4. The second kappa shape index (κ2) is 11.7. The highest BCUT2D eigenvalue weighted by atomic mass is 79.9. The summed E-state index contributed by atoms with van der Waals surface area (Å²) in [6.45, 7) is 5.41. The molecule has 172 valence electrons. The van der Waals surface area contributed by atoms with E-state index in [-0.39, 0.29) is 11.6 Å². The summed E-state index contributed by atoms with van der Waals surface area (Å²) in [4.78, 5) is 12.7. The van der Waals surface area contributed by atoms with Gasteiger partial charge in [0, 0.05) is 25.0 Å². The van der Waals surface area contributed by atoms with Crippen LogP contribution in [0, 0.1) is 6.92 Å². The molecule has 1 aromatic heterocycles. The van der Waals surface area contributed by atoms with Crippen molar-refractivity contribution in [2.45, 2.75) is 31.6 Å². The molecule has 0 atom stereocenters. The number of aromatic nitrogens is 2. The lowest BCUT2D eigenvalue weighted by Crippen LogP contribution is -2.28. The van der Waals surface area contributed by atoms with Gasteiger partial charge in [0.15, 0.2) is 0 Å². The van der Waals surface area contributed by atoms with Crippen LogP contribution >= 0.6 is 15.9 Å². The Hall–Kier alpha value is -1.79. The molecule has 0 fully saturated rings. The minimum Gasteiger partial charge on any atom is -0.376 e. The number of aryl methyl sites for hydroxylation is 1. The molecule has 0 amide bonds. The SMILES string of the molecule is CCCN(CO)c1nc(Nc2ccc(C)c(S(=O)(=O)NCCCN(C)C)c2)ncc1Br. The van der Waals surface area contributed by atoms with Crippen molar-refractivity contribution >= 4 is 43.4 Å². The summed E-state index contributed by atoms with van der Waals surface area (Å²) in [7, 11) is 0.258. The third-order valence-corrected chi connectivity index (χ3v) is 6.66. The van der Waals surface area contributed by atoms with Crippen LogP contribution in [0.15, 0.2) is 33.8 Å². The Balaban J connectivity index is 2.22. The highest BCUT2D eigenvalue weighted by Gasteiger charge is 2.18. The maximum atomic E-state index is 12.8. The predicted molar refractivity (Wildman–Crippen MR) is 127 cm³/mol. The molecule has 0 aliphatic heterocycles. The first-order valence-electron chi connectivity index (χ1n) is 10.1. The Labute approximate surface area is 193 Å². The van der Waals surface area contributed by atoms with E-state index in [1.54, 1.807) is 36.2 Å². The van der Waals surface area contributed by atoms with Crippen LogP contribution in [0.5, 0.6) is 0 Å². The number of benzene rings is 1. The highest BCUT2D eigenvalue weighted by Crippen LogP contribution is 2.27. The summed E-state index contributed by atoms with van der Waals surface area (Å²) < 4.78 is 28.9. The number of nitrogens with one attached hydrogen (secondary N) is 2. The van der Waals surface area contributed by atoms with Crippen molar-refractivity contribution in [1.82, 2.24) is 19.6 Å². The van der Waals surface area contributed by atoms with Crippen LogP contribution in [0.25, 0.3) is 0 Å². The monoisotopic (exact) mass is 514 g/mol. The fourth-order valence-electron chi connectivity index (χ4n) is 2.93. The average Bonchev–Trinajstić information content (AvgIpc) is 2.72. The van der Waals surface area contributed by atoms with Gasteiger partial charge < -0.3 is 20.2 Å². The quantitative estimate of drug-likeness (QED) is 0.292. The summed E-state index contributed by atoms with van der Waals surface area (Å²) in [6, 6.07) is 5.10. The zero-order chi connectivity index (χ0) is 23.0. The molecule has 0 radical (unpaired) electrons. The number of nitrogens with zero attached hydrogens (tertiary/aromatic N) is 4. The standard InChI is InChI=1S/C20H31BrN6O3S/c1-5-10-27(14-28)19-17(21)13-22-20(25-19)24-16-8-7-15(2)18(12-16)31(29,30)23-9-6-11-26(3)4/h7-8,12-13,23,28H,5-6,9-11,14H2,1-4H3,(H,22,24,25). The maximum absolute atomic E-state index is 12.8. The van der Waals surface area contributed by atoms with Crippen molar-refractivity contribution in [3.63, 3.8) is 0 Å². The van der Waals surface area contributed by atoms with Crippen LogP contribution in [0.1, 0.15) is 25.3 Å². The van der Waals surface area contributed by atoms with Gasteiger partial charge in [0.1, 0.15) is 12.5 Å². The summed E-state index contributed by atoms with van der Waals surface area (Å²) in [5.41, 5.74) is 1.20. The molecule has 9 nitrogen and oxygen atoms in total. The van der Waals surface area contributed by atoms with Gasteiger partial charge >= 0.3 is 0 Å². The lowest BCUT2D eigenvalue weighted by molar-refractivity contribution is 0.289. The van der Waals surface area contributed by atoms with E-state index in [0.717, 1.165) is 19.4 Å². The van der Waals surface area contributed by atoms with E-state index in [1.165, 1.54) is 0 Å². The first-order valence-corrected chi connectivity index (χ1v) is 12.4. The third kappa shape index (κ3) is 7.39. The van der Waals surface area contributed by atoms with Crippen LogP contribution in [0.2, 0.25) is 0 Å². The first-order chi connectivity index (χ1) is 14.7. The fraction of sp³-hybridized carbons (Fsp3) is 0.500. The van der Waals surface area contributed by atoms with Crippen molar-refractivity contribution in [1.29, 1.82) is 0 Å². The number of rotatable bonds is 12. The first kappa shape index (κ1) is 25.5. The molecule has 0 aliphatic carbocycles. The molecular formula is C20H31BrN6O3S. The van der Waals surface area contributed by atoms with Crippen LogP contribution in [-0.4, -0.2) is 68.9 Å². The second-order valence-corrected chi connectivity index (χ2v) is 10.0. The molecular weight excluding hydrogens is 484 g/mol. The van der Waals surface area contributed by atoms with Crippen molar-refractivity contribution in [2.75, 3.05) is 50.7 Å². The lowest BCUT2D eigenvalue weighted by atomic mass is 10.2. The number of halogens is 1. The molecule has 1 heterocycles. The van der Waals surface area contributed by atoms with E-state index >= 15 is 0 Å². The number of hydrogen-bond donors (Lipinski definition) is 3. The molecule has 2 aromatic rings. The van der Waals surface area contributed by atoms with Gasteiger partial charge in [0.05, 0.1) is 9.37 Å². The van der Waals surface area contributed by atoms with Gasteiger partial charge in [-0.05, 0) is 74.0 Å². The molecule has 2 rings (SSSR count). The Morgan fingerprint density at radius 3 is 2.61 bits per heavy atom. The fourth-order valence-corrected chi connectivity index (χ4v) is 4.71. The molecule has 0 saturated carbocycles. The van der Waals surface area contributed by atoms with Crippen molar-refractivity contribution < 1.29 is 13.5 Å². The lowest BCUT2D eigenvalue weighted by Gasteiger charge is -2.21. The van der Waals surface area contributed by atoms with E-state index in [4.69, 9.17) is 0 Å². The van der Waals surface area contributed by atoms with Crippen LogP contribution in [0.3, 0.4) is 0 Å². The maximum Gasteiger partial charge on any atom is 0.240 e. The molecule has 1 aromatic carbocycles. The van der Waals surface area contributed by atoms with Gasteiger partial charge in [-0.2, -0.15) is 4.98 Å². The minimum atomic E-state index is -3.64.